The van der Waals surface area contributed by atoms with Gasteiger partial charge < -0.3 is 19.9 Å². The summed E-state index contributed by atoms with van der Waals surface area (Å²) in [6.07, 6.45) is 9.84. The second-order valence-electron chi connectivity index (χ2n) is 8.55. The van der Waals surface area contributed by atoms with Crippen LogP contribution in [0.3, 0.4) is 0 Å². The van der Waals surface area contributed by atoms with Crippen molar-refractivity contribution < 1.29 is 20.1 Å². The molecular formula is C26H35NO4. The number of unbranched alkanes of at least 4 members (excludes halogenated alkanes) is 3. The smallest absolute Gasteiger partial charge is 0.303 e. The van der Waals surface area contributed by atoms with Crippen LogP contribution in [0.1, 0.15) is 74.7 Å². The molecule has 0 bridgehead atoms. The summed E-state index contributed by atoms with van der Waals surface area (Å²) in [5.41, 5.74) is 4.44. The van der Waals surface area contributed by atoms with Crippen LogP contribution in [0.5, 0.6) is 0 Å². The number of aliphatic hydroxyl groups excluding tert-OH is 2. The van der Waals surface area contributed by atoms with Gasteiger partial charge in [0.1, 0.15) is 0 Å². The third kappa shape index (κ3) is 6.08. The quantitative estimate of drug-likeness (QED) is 0.338. The van der Waals surface area contributed by atoms with Crippen molar-refractivity contribution in [2.24, 2.45) is 0 Å². The van der Waals surface area contributed by atoms with Gasteiger partial charge in [0.2, 0.25) is 0 Å². The number of carboxylic acid groups (broad SMARTS) is 1. The summed E-state index contributed by atoms with van der Waals surface area (Å²) in [5.74, 6) is -0.884. The zero-order valence-corrected chi connectivity index (χ0v) is 18.4. The molecule has 0 saturated heterocycles. The molecular weight excluding hydrogens is 390 g/mol. The van der Waals surface area contributed by atoms with Crippen LogP contribution in [0.4, 0.5) is 0 Å². The third-order valence-corrected chi connectivity index (χ3v) is 6.12. The van der Waals surface area contributed by atoms with Gasteiger partial charge in [0.25, 0.3) is 0 Å². The fourth-order valence-corrected chi connectivity index (χ4v) is 4.50. The van der Waals surface area contributed by atoms with Gasteiger partial charge in [-0.2, -0.15) is 0 Å². The normalized spacial score (nSPS) is 19.1. The first-order chi connectivity index (χ1) is 15.0. The van der Waals surface area contributed by atoms with Crippen molar-refractivity contribution in [3.8, 4) is 5.69 Å². The first-order valence-corrected chi connectivity index (χ1v) is 11.6. The highest BCUT2D eigenvalue weighted by molar-refractivity contribution is 5.66. The van der Waals surface area contributed by atoms with Crippen molar-refractivity contribution >= 4 is 5.97 Å². The molecule has 1 aromatic heterocycles. The lowest BCUT2D eigenvalue weighted by Gasteiger charge is -2.14. The second-order valence-corrected chi connectivity index (χ2v) is 8.55. The molecule has 0 spiro atoms. The van der Waals surface area contributed by atoms with Gasteiger partial charge >= 0.3 is 5.97 Å². The Morgan fingerprint density at radius 1 is 1.19 bits per heavy atom. The zero-order valence-electron chi connectivity index (χ0n) is 18.4. The number of carbonyl (C=O) groups is 1. The number of fused-ring (bicyclic) bond motifs is 1. The molecule has 1 heterocycles. The Morgan fingerprint density at radius 3 is 2.68 bits per heavy atom. The number of hydrogen-bond acceptors (Lipinski definition) is 3. The van der Waals surface area contributed by atoms with E-state index in [0.717, 1.165) is 61.2 Å². The van der Waals surface area contributed by atoms with E-state index in [2.05, 4.69) is 29.7 Å². The van der Waals surface area contributed by atoms with Crippen molar-refractivity contribution in [3.05, 3.63) is 65.5 Å². The minimum absolute atomic E-state index is 0.126. The van der Waals surface area contributed by atoms with E-state index in [4.69, 9.17) is 5.11 Å². The van der Waals surface area contributed by atoms with E-state index in [1.165, 1.54) is 0 Å². The predicted molar refractivity (Wildman–Crippen MR) is 123 cm³/mol. The Labute approximate surface area is 185 Å². The van der Waals surface area contributed by atoms with E-state index in [-0.39, 0.29) is 12.3 Å². The van der Waals surface area contributed by atoms with Gasteiger partial charge in [-0.3, -0.25) is 4.79 Å². The van der Waals surface area contributed by atoms with Crippen molar-refractivity contribution in [2.45, 2.75) is 82.8 Å². The molecule has 3 rings (SSSR count). The Morgan fingerprint density at radius 2 is 1.97 bits per heavy atom. The SMILES string of the molecule is CCCCC[C@H](O)C=C[C@@H]1c2cc(CCCCC(=O)O)n(-c3ccccc3)c2C[C@H]1O. The molecule has 2 aromatic rings. The molecule has 5 heteroatoms. The van der Waals surface area contributed by atoms with Crippen LogP contribution >= 0.6 is 0 Å². The molecule has 0 radical (unpaired) electrons. The number of aliphatic carboxylic acids is 1. The summed E-state index contributed by atoms with van der Waals surface area (Å²) in [4.78, 5) is 10.8. The number of aliphatic hydroxyl groups is 2. The molecule has 3 N–H and O–H groups in total. The third-order valence-electron chi connectivity index (χ3n) is 6.12. The van der Waals surface area contributed by atoms with Crippen molar-refractivity contribution in [2.75, 3.05) is 0 Å². The number of aromatic nitrogens is 1. The molecule has 0 unspecified atom stereocenters. The lowest BCUT2D eigenvalue weighted by atomic mass is 9.98. The summed E-state index contributed by atoms with van der Waals surface area (Å²) in [5, 5.41) is 29.9. The summed E-state index contributed by atoms with van der Waals surface area (Å²) < 4.78 is 2.23. The van der Waals surface area contributed by atoms with Gasteiger partial charge in [0.05, 0.1) is 12.2 Å². The average Bonchev–Trinajstić information content (AvgIpc) is 3.24. The van der Waals surface area contributed by atoms with Crippen LogP contribution in [0.2, 0.25) is 0 Å². The van der Waals surface area contributed by atoms with Crippen molar-refractivity contribution in [1.82, 2.24) is 4.57 Å². The van der Waals surface area contributed by atoms with E-state index in [1.54, 1.807) is 0 Å². The highest BCUT2D eigenvalue weighted by Crippen LogP contribution is 2.39. The first-order valence-electron chi connectivity index (χ1n) is 11.6. The zero-order chi connectivity index (χ0) is 22.2. The standard InChI is InChI=1S/C26H35NO4/c1-2-3-5-13-21(28)15-16-22-23-17-20(12-8-9-14-26(30)31)27(24(23)18-25(22)29)19-10-6-4-7-11-19/h4,6-7,10-11,15-17,21-22,25,28-29H,2-3,5,8-9,12-14,18H2,1H3,(H,30,31)/t21-,22+,25+/m0/s1. The molecule has 1 aliphatic rings. The van der Waals surface area contributed by atoms with Crippen LogP contribution in [-0.4, -0.2) is 38.1 Å². The number of rotatable bonds is 12. The Hall–Kier alpha value is -2.37. The van der Waals surface area contributed by atoms with E-state index in [1.807, 2.05) is 30.4 Å². The van der Waals surface area contributed by atoms with E-state index in [0.29, 0.717) is 12.8 Å². The highest BCUT2D eigenvalue weighted by Gasteiger charge is 2.34. The highest BCUT2D eigenvalue weighted by atomic mass is 16.4. The molecule has 1 aliphatic carbocycles. The van der Waals surface area contributed by atoms with Crippen LogP contribution < -0.4 is 0 Å². The number of carboxylic acids is 1. The predicted octanol–water partition coefficient (Wildman–Crippen LogP) is 4.77. The minimum Gasteiger partial charge on any atom is -0.481 e. The fourth-order valence-electron chi connectivity index (χ4n) is 4.50. The van der Waals surface area contributed by atoms with Gasteiger partial charge in [-0.25, -0.2) is 0 Å². The van der Waals surface area contributed by atoms with E-state index >= 15 is 0 Å². The van der Waals surface area contributed by atoms with Gasteiger partial charge in [-0.1, -0.05) is 56.5 Å². The largest absolute Gasteiger partial charge is 0.481 e. The maximum Gasteiger partial charge on any atom is 0.303 e. The molecule has 0 amide bonds. The summed E-state index contributed by atoms with van der Waals surface area (Å²) >= 11 is 0. The summed E-state index contributed by atoms with van der Waals surface area (Å²) in [7, 11) is 0. The number of hydrogen-bond donors (Lipinski definition) is 3. The first kappa shape index (κ1) is 23.3. The molecule has 3 atom stereocenters. The number of benzene rings is 1. The molecule has 1 aromatic carbocycles. The van der Waals surface area contributed by atoms with Crippen LogP contribution in [0.25, 0.3) is 5.69 Å². The average molecular weight is 426 g/mol. The number of aryl methyl sites for hydroxylation is 1. The molecule has 0 fully saturated rings. The van der Waals surface area contributed by atoms with E-state index in [9.17, 15) is 15.0 Å². The van der Waals surface area contributed by atoms with Crippen LogP contribution in [0, 0.1) is 0 Å². The fraction of sp³-hybridized carbons (Fsp3) is 0.500. The molecule has 5 nitrogen and oxygen atoms in total. The van der Waals surface area contributed by atoms with Crippen LogP contribution in [0.15, 0.2) is 48.6 Å². The summed E-state index contributed by atoms with van der Waals surface area (Å²) in [6, 6.07) is 12.3. The lowest BCUT2D eigenvalue weighted by molar-refractivity contribution is -0.137. The van der Waals surface area contributed by atoms with Gasteiger partial charge in [0.15, 0.2) is 0 Å². The maximum absolute atomic E-state index is 10.8. The Bertz CT molecular complexity index is 871. The maximum atomic E-state index is 10.8. The minimum atomic E-state index is -0.758. The van der Waals surface area contributed by atoms with Crippen molar-refractivity contribution in [1.29, 1.82) is 0 Å². The van der Waals surface area contributed by atoms with E-state index < -0.39 is 18.2 Å². The van der Waals surface area contributed by atoms with Gasteiger partial charge in [0, 0.05) is 35.8 Å². The number of nitrogens with zero attached hydrogens (tertiary/aromatic N) is 1. The van der Waals surface area contributed by atoms with Gasteiger partial charge in [-0.15, -0.1) is 0 Å². The van der Waals surface area contributed by atoms with Gasteiger partial charge in [-0.05, 0) is 49.4 Å². The molecule has 168 valence electrons. The van der Waals surface area contributed by atoms with Crippen LogP contribution in [-0.2, 0) is 17.6 Å². The van der Waals surface area contributed by atoms with Crippen molar-refractivity contribution in [3.63, 3.8) is 0 Å². The second kappa shape index (κ2) is 11.3. The lowest BCUT2D eigenvalue weighted by Crippen LogP contribution is -2.14. The number of para-hydroxylation sites is 1. The topological polar surface area (TPSA) is 82.7 Å². The molecule has 0 saturated carbocycles. The molecule has 0 aliphatic heterocycles. The Kier molecular flexibility index (Phi) is 8.50. The summed E-state index contributed by atoms with van der Waals surface area (Å²) in [6.45, 7) is 2.15. The molecule has 31 heavy (non-hydrogen) atoms. The Balaban J connectivity index is 1.82. The monoisotopic (exact) mass is 425 g/mol.